The fraction of sp³-hybridized carbons (Fsp3) is 0.312. The van der Waals surface area contributed by atoms with Gasteiger partial charge in [0, 0.05) is 6.20 Å². The Kier molecular flexibility index (Phi) is 3.55. The van der Waals surface area contributed by atoms with E-state index in [1.165, 1.54) is 0 Å². The summed E-state index contributed by atoms with van der Waals surface area (Å²) in [6.45, 7) is 1.95. The Balaban J connectivity index is 1.85. The molecular formula is C16H17N3O4. The lowest BCUT2D eigenvalue weighted by molar-refractivity contribution is -0.140. The van der Waals surface area contributed by atoms with Gasteiger partial charge in [-0.1, -0.05) is 6.07 Å². The highest BCUT2D eigenvalue weighted by Crippen LogP contribution is 2.35. The van der Waals surface area contributed by atoms with E-state index in [-0.39, 0.29) is 5.69 Å². The molecule has 2 aromatic rings. The first-order valence-electron chi connectivity index (χ1n) is 7.22. The number of rotatable bonds is 5. The fourth-order valence-corrected chi connectivity index (χ4v) is 2.36. The Hall–Kier alpha value is -2.83. The maximum absolute atomic E-state index is 12.2. The Morgan fingerprint density at radius 2 is 2.09 bits per heavy atom. The van der Waals surface area contributed by atoms with Crippen molar-refractivity contribution < 1.29 is 19.4 Å². The zero-order valence-corrected chi connectivity index (χ0v) is 12.9. The molecular weight excluding hydrogens is 298 g/mol. The smallest absolute Gasteiger partial charge is 0.329 e. The van der Waals surface area contributed by atoms with E-state index in [4.69, 9.17) is 9.84 Å². The van der Waals surface area contributed by atoms with Gasteiger partial charge >= 0.3 is 5.97 Å². The summed E-state index contributed by atoms with van der Waals surface area (Å²) < 4.78 is 6.85. The third-order valence-corrected chi connectivity index (χ3v) is 3.92. The molecule has 0 spiro atoms. The van der Waals surface area contributed by atoms with Crippen molar-refractivity contribution in [1.82, 2.24) is 15.1 Å². The molecule has 1 saturated carbocycles. The van der Waals surface area contributed by atoms with Crippen LogP contribution in [-0.4, -0.2) is 39.4 Å². The molecule has 7 heteroatoms. The van der Waals surface area contributed by atoms with E-state index in [0.29, 0.717) is 24.3 Å². The van der Waals surface area contributed by atoms with Crippen LogP contribution in [0.4, 0.5) is 0 Å². The predicted octanol–water partition coefficient (Wildman–Crippen LogP) is 1.54. The number of ether oxygens (including phenoxy) is 1. The zero-order valence-electron chi connectivity index (χ0n) is 12.9. The SMILES string of the molecule is COc1ccc(C)cc1-n1ccc(C(=O)NC2(C(=O)O)CC2)n1. The van der Waals surface area contributed by atoms with Crippen LogP contribution < -0.4 is 10.1 Å². The molecule has 0 atom stereocenters. The molecule has 0 unspecified atom stereocenters. The van der Waals surface area contributed by atoms with Gasteiger partial charge < -0.3 is 15.2 Å². The Bertz CT molecular complexity index is 777. The summed E-state index contributed by atoms with van der Waals surface area (Å²) in [5.74, 6) is -0.865. The van der Waals surface area contributed by atoms with E-state index < -0.39 is 17.4 Å². The molecule has 1 heterocycles. The number of hydrogen-bond donors (Lipinski definition) is 2. The van der Waals surface area contributed by atoms with Crippen LogP contribution in [0.3, 0.4) is 0 Å². The van der Waals surface area contributed by atoms with Crippen molar-refractivity contribution in [1.29, 1.82) is 0 Å². The molecule has 3 rings (SSSR count). The van der Waals surface area contributed by atoms with Crippen molar-refractivity contribution >= 4 is 11.9 Å². The van der Waals surface area contributed by atoms with Crippen LogP contribution in [0.2, 0.25) is 0 Å². The van der Waals surface area contributed by atoms with Crippen LogP contribution in [0.25, 0.3) is 5.69 Å². The fourth-order valence-electron chi connectivity index (χ4n) is 2.36. The second-order valence-electron chi connectivity index (χ2n) is 5.66. The van der Waals surface area contributed by atoms with Crippen LogP contribution in [0, 0.1) is 6.92 Å². The number of carbonyl (C=O) groups is 2. The second-order valence-corrected chi connectivity index (χ2v) is 5.66. The molecule has 1 aromatic carbocycles. The number of carboxylic acid groups (broad SMARTS) is 1. The van der Waals surface area contributed by atoms with Crippen LogP contribution in [0.1, 0.15) is 28.9 Å². The van der Waals surface area contributed by atoms with Gasteiger partial charge in [-0.15, -0.1) is 0 Å². The molecule has 2 N–H and O–H groups in total. The number of aryl methyl sites for hydroxylation is 1. The Morgan fingerprint density at radius 3 is 2.70 bits per heavy atom. The first kappa shape index (κ1) is 15.1. The number of carbonyl (C=O) groups excluding carboxylic acids is 1. The van der Waals surface area contributed by atoms with E-state index in [2.05, 4.69) is 10.4 Å². The van der Waals surface area contributed by atoms with Gasteiger partial charge in [-0.2, -0.15) is 5.10 Å². The molecule has 1 aromatic heterocycles. The lowest BCUT2D eigenvalue weighted by atomic mass is 10.2. The highest BCUT2D eigenvalue weighted by molar-refractivity contribution is 5.97. The van der Waals surface area contributed by atoms with E-state index >= 15 is 0 Å². The molecule has 7 nitrogen and oxygen atoms in total. The van der Waals surface area contributed by atoms with E-state index in [1.807, 2.05) is 25.1 Å². The number of benzene rings is 1. The molecule has 0 aliphatic heterocycles. The van der Waals surface area contributed by atoms with Crippen molar-refractivity contribution in [2.75, 3.05) is 7.11 Å². The maximum Gasteiger partial charge on any atom is 0.329 e. The molecule has 1 aliphatic rings. The number of hydrogen-bond acceptors (Lipinski definition) is 4. The Labute approximate surface area is 132 Å². The maximum atomic E-state index is 12.2. The minimum absolute atomic E-state index is 0.168. The summed E-state index contributed by atoms with van der Waals surface area (Å²) in [5, 5.41) is 15.9. The molecule has 0 radical (unpaired) electrons. The highest BCUT2D eigenvalue weighted by Gasteiger charge is 2.51. The van der Waals surface area contributed by atoms with Gasteiger partial charge in [0.25, 0.3) is 5.91 Å². The van der Waals surface area contributed by atoms with Crippen LogP contribution in [0.15, 0.2) is 30.5 Å². The highest BCUT2D eigenvalue weighted by atomic mass is 16.5. The molecule has 23 heavy (non-hydrogen) atoms. The largest absolute Gasteiger partial charge is 0.494 e. The normalized spacial score (nSPS) is 15.0. The quantitative estimate of drug-likeness (QED) is 0.873. The standard InChI is InChI=1S/C16H17N3O4/c1-10-3-4-13(23-2)12(9-10)19-8-5-11(18-19)14(20)17-16(6-7-16)15(21)22/h3-5,8-9H,6-7H2,1-2H3,(H,17,20)(H,21,22). The lowest BCUT2D eigenvalue weighted by Gasteiger charge is -2.11. The van der Waals surface area contributed by atoms with Crippen molar-refractivity contribution in [3.05, 3.63) is 41.7 Å². The third kappa shape index (κ3) is 2.77. The number of amides is 1. The van der Waals surface area contributed by atoms with Gasteiger partial charge in [0.1, 0.15) is 17.0 Å². The van der Waals surface area contributed by atoms with Crippen molar-refractivity contribution in [2.45, 2.75) is 25.3 Å². The molecule has 0 bridgehead atoms. The molecule has 0 saturated heterocycles. The second kappa shape index (κ2) is 5.42. The van der Waals surface area contributed by atoms with Crippen LogP contribution in [0.5, 0.6) is 5.75 Å². The first-order chi connectivity index (χ1) is 10.9. The van der Waals surface area contributed by atoms with Crippen molar-refractivity contribution in [3.8, 4) is 11.4 Å². The van der Waals surface area contributed by atoms with Gasteiger partial charge in [-0.3, -0.25) is 4.79 Å². The predicted molar refractivity (Wildman–Crippen MR) is 81.9 cm³/mol. The lowest BCUT2D eigenvalue weighted by Crippen LogP contribution is -2.43. The third-order valence-electron chi connectivity index (χ3n) is 3.92. The number of methoxy groups -OCH3 is 1. The monoisotopic (exact) mass is 315 g/mol. The van der Waals surface area contributed by atoms with Gasteiger partial charge in [-0.25, -0.2) is 9.48 Å². The van der Waals surface area contributed by atoms with E-state index in [1.54, 1.807) is 24.1 Å². The number of aliphatic carboxylic acids is 1. The van der Waals surface area contributed by atoms with E-state index in [9.17, 15) is 9.59 Å². The topological polar surface area (TPSA) is 93.5 Å². The molecule has 1 amide bonds. The average molecular weight is 315 g/mol. The van der Waals surface area contributed by atoms with Gasteiger partial charge in [0.15, 0.2) is 5.69 Å². The van der Waals surface area contributed by atoms with Gasteiger partial charge in [0.05, 0.1) is 7.11 Å². The number of carboxylic acids is 1. The summed E-state index contributed by atoms with van der Waals surface area (Å²) >= 11 is 0. The number of nitrogens with one attached hydrogen (secondary N) is 1. The minimum atomic E-state index is -1.12. The summed E-state index contributed by atoms with van der Waals surface area (Å²) in [5.41, 5.74) is 0.791. The number of aromatic nitrogens is 2. The summed E-state index contributed by atoms with van der Waals surface area (Å²) in [6.07, 6.45) is 2.54. The van der Waals surface area contributed by atoms with Crippen LogP contribution >= 0.6 is 0 Å². The summed E-state index contributed by atoms with van der Waals surface area (Å²) in [6, 6.07) is 7.20. The van der Waals surface area contributed by atoms with Crippen molar-refractivity contribution in [2.24, 2.45) is 0 Å². The summed E-state index contributed by atoms with van der Waals surface area (Å²) in [4.78, 5) is 23.3. The zero-order chi connectivity index (χ0) is 16.6. The minimum Gasteiger partial charge on any atom is -0.494 e. The van der Waals surface area contributed by atoms with Crippen molar-refractivity contribution in [3.63, 3.8) is 0 Å². The van der Waals surface area contributed by atoms with Gasteiger partial charge in [-0.05, 0) is 43.5 Å². The number of nitrogens with zero attached hydrogens (tertiary/aromatic N) is 2. The molecule has 1 fully saturated rings. The van der Waals surface area contributed by atoms with Crippen LogP contribution in [-0.2, 0) is 4.79 Å². The summed E-state index contributed by atoms with van der Waals surface area (Å²) in [7, 11) is 1.56. The van der Waals surface area contributed by atoms with E-state index in [0.717, 1.165) is 5.56 Å². The molecule has 1 aliphatic carbocycles. The Morgan fingerprint density at radius 1 is 1.35 bits per heavy atom. The molecule has 120 valence electrons. The first-order valence-corrected chi connectivity index (χ1v) is 7.22. The average Bonchev–Trinajstić information content (AvgIpc) is 3.13. The van der Waals surface area contributed by atoms with Gasteiger partial charge in [0.2, 0.25) is 0 Å².